The molecule has 0 N–H and O–H groups in total. The minimum Gasteiger partial charge on any atom is -0.450 e. The van der Waals surface area contributed by atoms with Crippen LogP contribution >= 0.6 is 23.2 Å². The lowest BCUT2D eigenvalue weighted by Crippen LogP contribution is -2.70. The van der Waals surface area contributed by atoms with Crippen LogP contribution in [0.25, 0.3) is 10.9 Å². The lowest BCUT2D eigenvalue weighted by atomic mass is 10.0. The average Bonchev–Trinajstić information content (AvgIpc) is 2.86. The molecule has 2 atom stereocenters. The molecular weight excluding hydrogens is 606 g/mol. The maximum absolute atomic E-state index is 14.8. The van der Waals surface area contributed by atoms with Gasteiger partial charge in [-0.2, -0.15) is 4.98 Å². The summed E-state index contributed by atoms with van der Waals surface area (Å²) in [6, 6.07) is 0.823. The van der Waals surface area contributed by atoms with E-state index >= 15 is 0 Å². The maximum Gasteiger partial charge on any atom is 0.410 e. The summed E-state index contributed by atoms with van der Waals surface area (Å²) in [6.07, 6.45) is 0.624. The van der Waals surface area contributed by atoms with Crippen LogP contribution in [-0.4, -0.2) is 106 Å². The van der Waals surface area contributed by atoms with Crippen molar-refractivity contribution in [1.82, 2.24) is 24.8 Å². The van der Waals surface area contributed by atoms with Crippen LogP contribution in [0, 0.1) is 5.82 Å². The highest BCUT2D eigenvalue weighted by molar-refractivity contribution is 6.76. The van der Waals surface area contributed by atoms with Crippen LogP contribution in [0.2, 0.25) is 47.2 Å². The van der Waals surface area contributed by atoms with Gasteiger partial charge in [0.25, 0.3) is 0 Å². The van der Waals surface area contributed by atoms with Gasteiger partial charge in [-0.25, -0.2) is 23.9 Å². The number of piperazine rings is 2. The minimum atomic E-state index is -1.40. The summed E-state index contributed by atoms with van der Waals surface area (Å²) in [4.78, 5) is 44.0. The van der Waals surface area contributed by atoms with Gasteiger partial charge >= 0.3 is 12.2 Å². The molecule has 15 heteroatoms. The second kappa shape index (κ2) is 12.6. The van der Waals surface area contributed by atoms with Crippen molar-refractivity contribution in [1.29, 1.82) is 0 Å². The van der Waals surface area contributed by atoms with Gasteiger partial charge in [0.05, 0.1) is 30.7 Å². The van der Waals surface area contributed by atoms with E-state index in [-0.39, 0.29) is 34.1 Å². The molecule has 4 heterocycles. The standard InChI is InChI=1S/C26H37Cl2FN6O4Si2/c1-26(2,3)40-9-7-38-24(36)34-14-16-12-33(13-17(15-34)35(16)25(37)39-8-10-41(4,5)6)22-18-11-30-21(27)19(29)20(18)31-23(28)32-22/h11,16-17H,7-10,12-15H2,1-6H3. The summed E-state index contributed by atoms with van der Waals surface area (Å²) in [7, 11) is -0.720. The number of aromatic nitrogens is 3. The first-order valence-electron chi connectivity index (χ1n) is 13.7. The van der Waals surface area contributed by atoms with Gasteiger partial charge in [0.2, 0.25) is 5.28 Å². The van der Waals surface area contributed by atoms with Gasteiger partial charge in [0.15, 0.2) is 11.0 Å². The van der Waals surface area contributed by atoms with Gasteiger partial charge in [0, 0.05) is 50.0 Å². The second-order valence-electron chi connectivity index (χ2n) is 12.7. The van der Waals surface area contributed by atoms with Crippen molar-refractivity contribution in [2.45, 2.75) is 69.6 Å². The SMILES string of the molecule is CC(C)(C)[Si]CCOC(=O)N1CC2CN(c3nc(Cl)nc4c(F)c(Cl)ncc34)CC(C1)N2C(=O)OCC[Si](C)(C)C. The molecule has 4 rings (SSSR count). The highest BCUT2D eigenvalue weighted by atomic mass is 35.5. The topological polar surface area (TPSA) is 101 Å². The van der Waals surface area contributed by atoms with Crippen LogP contribution in [0.3, 0.4) is 0 Å². The normalized spacial score (nSPS) is 19.5. The van der Waals surface area contributed by atoms with Crippen LogP contribution in [0.1, 0.15) is 20.8 Å². The Bertz CT molecular complexity index is 1280. The van der Waals surface area contributed by atoms with Crippen molar-refractivity contribution in [3.8, 4) is 0 Å². The van der Waals surface area contributed by atoms with Crippen molar-refractivity contribution in [2.24, 2.45) is 0 Å². The highest BCUT2D eigenvalue weighted by Gasteiger charge is 2.46. The number of amides is 2. The summed E-state index contributed by atoms with van der Waals surface area (Å²) in [5.41, 5.74) is -0.0282. The predicted molar refractivity (Wildman–Crippen MR) is 162 cm³/mol. The van der Waals surface area contributed by atoms with E-state index < -0.39 is 38.2 Å². The number of hydrogen-bond acceptors (Lipinski definition) is 8. The predicted octanol–water partition coefficient (Wildman–Crippen LogP) is 5.60. The first kappa shape index (κ1) is 31.7. The van der Waals surface area contributed by atoms with E-state index in [2.05, 4.69) is 55.4 Å². The molecule has 0 spiro atoms. The van der Waals surface area contributed by atoms with Crippen molar-refractivity contribution >= 4 is 69.7 Å². The van der Waals surface area contributed by atoms with Gasteiger partial charge < -0.3 is 19.3 Å². The van der Waals surface area contributed by atoms with E-state index in [9.17, 15) is 14.0 Å². The van der Waals surface area contributed by atoms with Gasteiger partial charge in [-0.05, 0) is 28.7 Å². The molecule has 2 bridgehead atoms. The third kappa shape index (κ3) is 7.99. The summed E-state index contributed by atoms with van der Waals surface area (Å²) >= 11 is 12.1. The quantitative estimate of drug-likeness (QED) is 0.167. The molecule has 2 fully saturated rings. The van der Waals surface area contributed by atoms with Crippen LogP contribution in [0.4, 0.5) is 19.8 Å². The Morgan fingerprint density at radius 3 is 2.29 bits per heavy atom. The molecule has 2 saturated heterocycles. The fourth-order valence-corrected chi connectivity index (χ4v) is 6.93. The smallest absolute Gasteiger partial charge is 0.410 e. The molecule has 0 aliphatic carbocycles. The van der Waals surface area contributed by atoms with Gasteiger partial charge in [-0.15, -0.1) is 0 Å². The van der Waals surface area contributed by atoms with Crippen molar-refractivity contribution < 1.29 is 23.5 Å². The number of carbonyl (C=O) groups excluding carboxylic acids is 2. The zero-order valence-corrected chi connectivity index (χ0v) is 27.9. The Labute approximate surface area is 253 Å². The average molecular weight is 644 g/mol. The highest BCUT2D eigenvalue weighted by Crippen LogP contribution is 2.33. The Kier molecular flexibility index (Phi) is 9.71. The zero-order valence-electron chi connectivity index (χ0n) is 24.3. The molecular formula is C26H37Cl2FN6O4Si2. The molecule has 0 aromatic carbocycles. The fraction of sp³-hybridized carbons (Fsp3) is 0.654. The molecule has 2 aromatic rings. The summed E-state index contributed by atoms with van der Waals surface area (Å²) < 4.78 is 26.1. The van der Waals surface area contributed by atoms with E-state index in [0.29, 0.717) is 47.0 Å². The molecule has 2 aromatic heterocycles. The Balaban J connectivity index is 1.55. The number of nitrogens with zero attached hydrogens (tertiary/aromatic N) is 6. The minimum absolute atomic E-state index is 0.0282. The number of pyridine rings is 1. The molecule has 224 valence electrons. The van der Waals surface area contributed by atoms with Crippen LogP contribution in [-0.2, 0) is 9.47 Å². The van der Waals surface area contributed by atoms with E-state index in [1.54, 1.807) is 9.80 Å². The van der Waals surface area contributed by atoms with E-state index in [1.807, 2.05) is 4.90 Å². The molecule has 2 radical (unpaired) electrons. The fourth-order valence-electron chi connectivity index (χ4n) is 4.96. The van der Waals surface area contributed by atoms with Crippen molar-refractivity contribution in [2.75, 3.05) is 44.3 Å². The lowest BCUT2D eigenvalue weighted by molar-refractivity contribution is 0.00356. The summed E-state index contributed by atoms with van der Waals surface area (Å²) in [6.45, 7) is 15.0. The lowest BCUT2D eigenvalue weighted by Gasteiger charge is -2.52. The largest absolute Gasteiger partial charge is 0.450 e. The second-order valence-corrected chi connectivity index (χ2v) is 21.4. The van der Waals surface area contributed by atoms with Crippen LogP contribution in [0.5, 0.6) is 0 Å². The monoisotopic (exact) mass is 642 g/mol. The molecule has 2 unspecified atom stereocenters. The molecule has 10 nitrogen and oxygen atoms in total. The molecule has 0 saturated carbocycles. The maximum atomic E-state index is 14.8. The van der Waals surface area contributed by atoms with Gasteiger partial charge in [-0.1, -0.05) is 52.0 Å². The first-order chi connectivity index (χ1) is 19.1. The number of hydrogen-bond donors (Lipinski definition) is 0. The first-order valence-corrected chi connectivity index (χ1v) is 19.3. The van der Waals surface area contributed by atoms with E-state index in [1.165, 1.54) is 6.20 Å². The number of anilines is 1. The molecule has 2 aliphatic heterocycles. The number of rotatable bonds is 7. The van der Waals surface area contributed by atoms with Gasteiger partial charge in [0.1, 0.15) is 11.3 Å². The van der Waals surface area contributed by atoms with Crippen molar-refractivity contribution in [3.05, 3.63) is 22.5 Å². The summed E-state index contributed by atoms with van der Waals surface area (Å²) in [5.74, 6) is -0.385. The Hall–Kier alpha value is -2.23. The Morgan fingerprint density at radius 1 is 1.05 bits per heavy atom. The summed E-state index contributed by atoms with van der Waals surface area (Å²) in [5, 5.41) is 0.106. The Morgan fingerprint density at radius 2 is 1.68 bits per heavy atom. The van der Waals surface area contributed by atoms with Crippen molar-refractivity contribution in [3.63, 3.8) is 0 Å². The zero-order chi connectivity index (χ0) is 30.1. The third-order valence-electron chi connectivity index (χ3n) is 6.93. The molecule has 2 amide bonds. The van der Waals surface area contributed by atoms with E-state index in [0.717, 1.165) is 12.1 Å². The third-order valence-corrected chi connectivity index (χ3v) is 10.6. The number of fused-ring (bicyclic) bond motifs is 3. The van der Waals surface area contributed by atoms with Crippen LogP contribution in [0.15, 0.2) is 6.20 Å². The molecule has 2 aliphatic rings. The van der Waals surface area contributed by atoms with Crippen LogP contribution < -0.4 is 4.90 Å². The number of carbonyl (C=O) groups is 2. The molecule has 41 heavy (non-hydrogen) atoms. The van der Waals surface area contributed by atoms with Gasteiger partial charge in [-0.3, -0.25) is 4.90 Å². The number of ether oxygens (including phenoxy) is 2. The number of halogens is 3. The van der Waals surface area contributed by atoms with E-state index in [4.69, 9.17) is 32.7 Å².